The summed E-state index contributed by atoms with van der Waals surface area (Å²) in [4.78, 5) is 3.89. The van der Waals surface area contributed by atoms with Gasteiger partial charge in [-0.05, 0) is 11.8 Å². The number of nitrogens with two attached hydrogens (primary N) is 1. The highest BCUT2D eigenvalue weighted by molar-refractivity contribution is 7.11. The van der Waals surface area contributed by atoms with Gasteiger partial charge in [-0.2, -0.15) is 13.2 Å². The predicted octanol–water partition coefficient (Wildman–Crippen LogP) is 3.10. The number of nitrogens with one attached hydrogen (secondary N) is 1. The van der Waals surface area contributed by atoms with Gasteiger partial charge in [-0.3, -0.25) is 11.3 Å². The van der Waals surface area contributed by atoms with Crippen molar-refractivity contribution in [2.24, 2.45) is 11.3 Å². The number of hydrogen-bond donors (Lipinski definition) is 2. The number of hydrazine groups is 1. The first-order valence-corrected chi connectivity index (χ1v) is 5.94. The highest BCUT2D eigenvalue weighted by Crippen LogP contribution is 2.37. The largest absolute Gasteiger partial charge is 0.443 e. The summed E-state index contributed by atoms with van der Waals surface area (Å²) < 4.78 is 37.2. The SMILES string of the molecule is CC(C)(C)CC(NN)c1cnc(C(F)(F)F)s1. The second-order valence-electron chi connectivity index (χ2n) is 5.05. The molecule has 1 rings (SSSR count). The molecule has 0 fully saturated rings. The third-order valence-corrected chi connectivity index (χ3v) is 3.28. The van der Waals surface area contributed by atoms with Crippen molar-refractivity contribution >= 4 is 11.3 Å². The first kappa shape index (κ1) is 14.4. The van der Waals surface area contributed by atoms with Crippen LogP contribution in [-0.4, -0.2) is 4.98 Å². The molecule has 17 heavy (non-hydrogen) atoms. The fourth-order valence-electron chi connectivity index (χ4n) is 1.43. The summed E-state index contributed by atoms with van der Waals surface area (Å²) in [6.45, 7) is 6.01. The zero-order valence-electron chi connectivity index (χ0n) is 9.93. The molecule has 0 aliphatic heterocycles. The molecule has 98 valence electrons. The van der Waals surface area contributed by atoms with Gasteiger partial charge < -0.3 is 0 Å². The average Bonchev–Trinajstić information content (AvgIpc) is 2.60. The van der Waals surface area contributed by atoms with Crippen molar-refractivity contribution in [1.82, 2.24) is 10.4 Å². The number of hydrogen-bond acceptors (Lipinski definition) is 4. The van der Waals surface area contributed by atoms with E-state index in [0.29, 0.717) is 22.6 Å². The van der Waals surface area contributed by atoms with Crippen LogP contribution in [0.4, 0.5) is 13.2 Å². The summed E-state index contributed by atoms with van der Waals surface area (Å²) in [7, 11) is 0. The smallest absolute Gasteiger partial charge is 0.271 e. The van der Waals surface area contributed by atoms with Crippen molar-refractivity contribution in [2.75, 3.05) is 0 Å². The second-order valence-corrected chi connectivity index (χ2v) is 6.11. The van der Waals surface area contributed by atoms with Crippen molar-refractivity contribution in [3.05, 3.63) is 16.1 Å². The maximum absolute atomic E-state index is 12.4. The molecule has 3 N–H and O–H groups in total. The quantitative estimate of drug-likeness (QED) is 0.653. The van der Waals surface area contributed by atoms with Gasteiger partial charge in [-0.25, -0.2) is 4.98 Å². The Morgan fingerprint density at radius 2 is 2.00 bits per heavy atom. The summed E-state index contributed by atoms with van der Waals surface area (Å²) in [6, 6.07) is -0.302. The molecule has 7 heteroatoms. The van der Waals surface area contributed by atoms with Crippen LogP contribution in [0, 0.1) is 5.41 Å². The normalized spacial score (nSPS) is 15.0. The van der Waals surface area contributed by atoms with Crippen LogP contribution in [0.2, 0.25) is 0 Å². The Morgan fingerprint density at radius 3 is 2.35 bits per heavy atom. The third-order valence-electron chi connectivity index (χ3n) is 2.13. The lowest BCUT2D eigenvalue weighted by molar-refractivity contribution is -0.137. The van der Waals surface area contributed by atoms with E-state index in [0.717, 1.165) is 0 Å². The van der Waals surface area contributed by atoms with Gasteiger partial charge in [-0.1, -0.05) is 20.8 Å². The number of rotatable bonds is 3. The van der Waals surface area contributed by atoms with E-state index in [-0.39, 0.29) is 11.5 Å². The molecule has 0 saturated heterocycles. The second kappa shape index (κ2) is 4.91. The third kappa shape index (κ3) is 4.25. The number of aromatic nitrogens is 1. The molecular weight excluding hydrogens is 251 g/mol. The van der Waals surface area contributed by atoms with E-state index in [4.69, 9.17) is 5.84 Å². The molecule has 0 saturated carbocycles. The van der Waals surface area contributed by atoms with Crippen LogP contribution in [0.15, 0.2) is 6.20 Å². The first-order chi connectivity index (χ1) is 7.63. The molecule has 0 bridgehead atoms. The van der Waals surface area contributed by atoms with E-state index in [9.17, 15) is 13.2 Å². The van der Waals surface area contributed by atoms with Crippen molar-refractivity contribution in [3.8, 4) is 0 Å². The average molecular weight is 267 g/mol. The summed E-state index contributed by atoms with van der Waals surface area (Å²) in [6.07, 6.45) is -2.50. The minimum Gasteiger partial charge on any atom is -0.271 e. The summed E-state index contributed by atoms with van der Waals surface area (Å²) in [5, 5.41) is -0.832. The van der Waals surface area contributed by atoms with Crippen LogP contribution in [-0.2, 0) is 6.18 Å². The van der Waals surface area contributed by atoms with Crippen LogP contribution in [0.1, 0.15) is 43.1 Å². The zero-order chi connectivity index (χ0) is 13.3. The lowest BCUT2D eigenvalue weighted by atomic mass is 9.88. The van der Waals surface area contributed by atoms with Gasteiger partial charge in [0.2, 0.25) is 0 Å². The van der Waals surface area contributed by atoms with Crippen LogP contribution in [0.5, 0.6) is 0 Å². The van der Waals surface area contributed by atoms with Gasteiger partial charge >= 0.3 is 6.18 Å². The van der Waals surface area contributed by atoms with Crippen LogP contribution in [0.25, 0.3) is 0 Å². The van der Waals surface area contributed by atoms with E-state index in [2.05, 4.69) is 10.4 Å². The first-order valence-electron chi connectivity index (χ1n) is 5.12. The van der Waals surface area contributed by atoms with Crippen molar-refractivity contribution in [3.63, 3.8) is 0 Å². The van der Waals surface area contributed by atoms with Crippen LogP contribution >= 0.6 is 11.3 Å². The van der Waals surface area contributed by atoms with Crippen molar-refractivity contribution in [2.45, 2.75) is 39.4 Å². The topological polar surface area (TPSA) is 50.9 Å². The molecule has 3 nitrogen and oxygen atoms in total. The fourth-order valence-corrected chi connectivity index (χ4v) is 2.28. The fraction of sp³-hybridized carbons (Fsp3) is 0.700. The summed E-state index contributed by atoms with van der Waals surface area (Å²) in [5.41, 5.74) is 2.51. The van der Waals surface area contributed by atoms with E-state index >= 15 is 0 Å². The Labute approximate surface area is 102 Å². The molecule has 0 aliphatic carbocycles. The molecular formula is C10H16F3N3S. The van der Waals surface area contributed by atoms with Gasteiger partial charge in [0, 0.05) is 11.1 Å². The van der Waals surface area contributed by atoms with Gasteiger partial charge in [0.25, 0.3) is 0 Å². The van der Waals surface area contributed by atoms with E-state index in [1.165, 1.54) is 6.20 Å². The predicted molar refractivity (Wildman–Crippen MR) is 61.3 cm³/mol. The maximum Gasteiger partial charge on any atom is 0.443 e. The van der Waals surface area contributed by atoms with E-state index in [1.54, 1.807) is 0 Å². The lowest BCUT2D eigenvalue weighted by Crippen LogP contribution is -2.30. The molecule has 0 aliphatic rings. The van der Waals surface area contributed by atoms with Crippen LogP contribution in [0.3, 0.4) is 0 Å². The molecule has 1 aromatic heterocycles. The van der Waals surface area contributed by atoms with Gasteiger partial charge in [-0.15, -0.1) is 11.3 Å². The lowest BCUT2D eigenvalue weighted by Gasteiger charge is -2.24. The zero-order valence-corrected chi connectivity index (χ0v) is 10.7. The molecule has 1 atom stereocenters. The molecule has 0 spiro atoms. The number of alkyl halides is 3. The molecule has 1 aromatic rings. The minimum atomic E-state index is -4.39. The maximum atomic E-state index is 12.4. The van der Waals surface area contributed by atoms with Crippen molar-refractivity contribution < 1.29 is 13.2 Å². The molecule has 1 unspecified atom stereocenters. The summed E-state index contributed by atoms with van der Waals surface area (Å²) in [5.74, 6) is 5.38. The van der Waals surface area contributed by atoms with Crippen LogP contribution < -0.4 is 11.3 Å². The standard InChI is InChI=1S/C10H16F3N3S/c1-9(2,3)4-6(16-14)7-5-15-8(17-7)10(11,12)13/h5-6,16H,4,14H2,1-3H3. The molecule has 1 heterocycles. The van der Waals surface area contributed by atoms with Gasteiger partial charge in [0.05, 0.1) is 6.04 Å². The Morgan fingerprint density at radius 1 is 1.41 bits per heavy atom. The molecule has 0 radical (unpaired) electrons. The summed E-state index contributed by atoms with van der Waals surface area (Å²) >= 11 is 0.635. The number of thiazole rings is 1. The molecule has 0 aromatic carbocycles. The minimum absolute atomic E-state index is 0.0284. The highest BCUT2D eigenvalue weighted by Gasteiger charge is 2.35. The van der Waals surface area contributed by atoms with Gasteiger partial charge in [0.15, 0.2) is 5.01 Å². The Bertz CT molecular complexity index is 368. The number of nitrogens with zero attached hydrogens (tertiary/aromatic N) is 1. The Hall–Kier alpha value is -0.660. The van der Waals surface area contributed by atoms with E-state index in [1.807, 2.05) is 20.8 Å². The highest BCUT2D eigenvalue weighted by atomic mass is 32.1. The Kier molecular flexibility index (Phi) is 4.16. The Balaban J connectivity index is 2.87. The van der Waals surface area contributed by atoms with E-state index < -0.39 is 11.2 Å². The monoisotopic (exact) mass is 267 g/mol. The molecule has 0 amide bonds. The number of halogens is 3. The van der Waals surface area contributed by atoms with Gasteiger partial charge in [0.1, 0.15) is 0 Å². The van der Waals surface area contributed by atoms with Crippen molar-refractivity contribution in [1.29, 1.82) is 0 Å².